The average molecular weight is 380 g/mol. The maximum atomic E-state index is 5.97. The maximum Gasteiger partial charge on any atom is 0.180 e. The van der Waals surface area contributed by atoms with Crippen molar-refractivity contribution in [3.63, 3.8) is 0 Å². The van der Waals surface area contributed by atoms with Crippen LogP contribution < -0.4 is 5.73 Å². The molecule has 0 spiro atoms. The van der Waals surface area contributed by atoms with Crippen LogP contribution >= 0.6 is 23.4 Å². The van der Waals surface area contributed by atoms with Gasteiger partial charge in [0, 0.05) is 16.3 Å². The molecule has 0 aromatic heterocycles. The van der Waals surface area contributed by atoms with Crippen LogP contribution in [0.5, 0.6) is 0 Å². The van der Waals surface area contributed by atoms with Gasteiger partial charge in [0.15, 0.2) is 5.17 Å². The van der Waals surface area contributed by atoms with Gasteiger partial charge in [0.25, 0.3) is 0 Å². The number of rotatable bonds is 5. The van der Waals surface area contributed by atoms with Crippen molar-refractivity contribution < 1.29 is 0 Å². The molecular formula is C21H18ClN3S. The molecule has 0 fully saturated rings. The molecule has 0 saturated heterocycles. The number of nitrogens with zero attached hydrogens (tertiary/aromatic N) is 2. The highest BCUT2D eigenvalue weighted by Crippen LogP contribution is 2.24. The van der Waals surface area contributed by atoms with E-state index in [0.29, 0.717) is 10.2 Å². The van der Waals surface area contributed by atoms with Crippen molar-refractivity contribution >= 4 is 34.7 Å². The molecule has 3 aromatic rings. The number of amidine groups is 1. The van der Waals surface area contributed by atoms with Crippen LogP contribution in [0, 0.1) is 0 Å². The number of hydrogen-bond acceptors (Lipinski definition) is 3. The van der Waals surface area contributed by atoms with E-state index in [4.69, 9.17) is 17.3 Å². The lowest BCUT2D eigenvalue weighted by Gasteiger charge is -2.05. The van der Waals surface area contributed by atoms with Gasteiger partial charge in [0.1, 0.15) is 0 Å². The zero-order valence-electron chi connectivity index (χ0n) is 14.0. The van der Waals surface area contributed by atoms with Crippen LogP contribution in [0.3, 0.4) is 0 Å². The molecule has 0 radical (unpaired) electrons. The Morgan fingerprint density at radius 2 is 1.62 bits per heavy atom. The topological polar surface area (TPSA) is 50.7 Å². The molecule has 3 rings (SSSR count). The van der Waals surface area contributed by atoms with Crippen molar-refractivity contribution in [1.82, 2.24) is 0 Å². The molecule has 3 aromatic carbocycles. The van der Waals surface area contributed by atoms with Crippen LogP contribution in [0.4, 0.5) is 0 Å². The third-order valence-electron chi connectivity index (χ3n) is 3.70. The first-order valence-corrected chi connectivity index (χ1v) is 9.47. The second-order valence-corrected chi connectivity index (χ2v) is 6.98. The van der Waals surface area contributed by atoms with Crippen molar-refractivity contribution in [3.8, 4) is 11.1 Å². The minimum Gasteiger partial charge on any atom is -0.377 e. The molecule has 2 N–H and O–H groups in total. The molecule has 0 aliphatic rings. The van der Waals surface area contributed by atoms with Gasteiger partial charge in [0.2, 0.25) is 0 Å². The van der Waals surface area contributed by atoms with E-state index in [0.717, 1.165) is 22.4 Å². The molecule has 5 heteroatoms. The summed E-state index contributed by atoms with van der Waals surface area (Å²) in [5.74, 6) is 0.771. The Labute approximate surface area is 162 Å². The molecule has 26 heavy (non-hydrogen) atoms. The number of benzene rings is 3. The van der Waals surface area contributed by atoms with Crippen molar-refractivity contribution in [2.45, 2.75) is 5.75 Å². The first-order valence-electron chi connectivity index (χ1n) is 8.10. The molecule has 130 valence electrons. The minimum atomic E-state index is 0.439. The summed E-state index contributed by atoms with van der Waals surface area (Å²) in [4.78, 5) is 0. The summed E-state index contributed by atoms with van der Waals surface area (Å²) in [6.07, 6.45) is 1.72. The van der Waals surface area contributed by atoms with Gasteiger partial charge < -0.3 is 5.73 Å². The number of thioether (sulfide) groups is 1. The van der Waals surface area contributed by atoms with Gasteiger partial charge in [-0.15, -0.1) is 5.10 Å². The highest BCUT2D eigenvalue weighted by molar-refractivity contribution is 8.13. The predicted octanol–water partition coefficient (Wildman–Crippen LogP) is 5.59. The third kappa shape index (κ3) is 5.22. The van der Waals surface area contributed by atoms with Gasteiger partial charge in [0.05, 0.1) is 6.21 Å². The average Bonchev–Trinajstić information content (AvgIpc) is 2.68. The summed E-state index contributed by atoms with van der Waals surface area (Å²) in [6.45, 7) is 0. The van der Waals surface area contributed by atoms with Gasteiger partial charge in [-0.2, -0.15) is 5.10 Å². The Bertz CT molecular complexity index is 906. The Morgan fingerprint density at radius 3 is 2.38 bits per heavy atom. The molecule has 0 unspecified atom stereocenters. The summed E-state index contributed by atoms with van der Waals surface area (Å²) < 4.78 is 0. The van der Waals surface area contributed by atoms with Crippen LogP contribution in [0.25, 0.3) is 11.1 Å². The van der Waals surface area contributed by atoms with Crippen LogP contribution in [-0.2, 0) is 5.75 Å². The fourth-order valence-corrected chi connectivity index (χ4v) is 3.15. The van der Waals surface area contributed by atoms with E-state index in [2.05, 4.69) is 22.3 Å². The second-order valence-electron chi connectivity index (χ2n) is 5.55. The Kier molecular flexibility index (Phi) is 6.47. The van der Waals surface area contributed by atoms with Crippen molar-refractivity contribution in [2.75, 3.05) is 0 Å². The van der Waals surface area contributed by atoms with Gasteiger partial charge in [-0.25, -0.2) is 0 Å². The third-order valence-corrected chi connectivity index (χ3v) is 4.81. The van der Waals surface area contributed by atoms with Gasteiger partial charge in [-0.1, -0.05) is 90.1 Å². The summed E-state index contributed by atoms with van der Waals surface area (Å²) in [5, 5.41) is 9.39. The van der Waals surface area contributed by atoms with E-state index in [1.807, 2.05) is 66.7 Å². The van der Waals surface area contributed by atoms with Crippen molar-refractivity contribution in [3.05, 3.63) is 95.0 Å². The van der Waals surface area contributed by atoms with Crippen LogP contribution in [0.1, 0.15) is 11.1 Å². The van der Waals surface area contributed by atoms with Crippen LogP contribution in [0.2, 0.25) is 5.02 Å². The molecule has 0 bridgehead atoms. The molecule has 0 heterocycles. The molecule has 3 nitrogen and oxygen atoms in total. The van der Waals surface area contributed by atoms with E-state index < -0.39 is 0 Å². The van der Waals surface area contributed by atoms with Crippen molar-refractivity contribution in [2.24, 2.45) is 15.9 Å². The monoisotopic (exact) mass is 379 g/mol. The number of halogens is 1. The molecule has 0 aliphatic heterocycles. The lowest BCUT2D eigenvalue weighted by atomic mass is 10.0. The summed E-state index contributed by atoms with van der Waals surface area (Å²) in [7, 11) is 0. The Morgan fingerprint density at radius 1 is 0.923 bits per heavy atom. The zero-order valence-corrected chi connectivity index (χ0v) is 15.6. The predicted molar refractivity (Wildman–Crippen MR) is 114 cm³/mol. The zero-order chi connectivity index (χ0) is 18.2. The number of hydrogen-bond donors (Lipinski definition) is 1. The molecule has 0 aliphatic carbocycles. The lowest BCUT2D eigenvalue weighted by Crippen LogP contribution is -2.06. The molecular weight excluding hydrogens is 362 g/mol. The van der Waals surface area contributed by atoms with E-state index in [9.17, 15) is 0 Å². The van der Waals surface area contributed by atoms with Crippen LogP contribution in [0.15, 0.2) is 89.1 Å². The molecule has 0 atom stereocenters. The summed E-state index contributed by atoms with van der Waals surface area (Å²) in [5.41, 5.74) is 10.3. The smallest absolute Gasteiger partial charge is 0.180 e. The minimum absolute atomic E-state index is 0.439. The SMILES string of the molecule is NC(=NN=Cc1ccccc1-c1ccc(Cl)cc1)SCc1ccccc1. The number of nitrogens with two attached hydrogens (primary N) is 1. The second kappa shape index (κ2) is 9.22. The Balaban J connectivity index is 1.69. The van der Waals surface area contributed by atoms with Crippen molar-refractivity contribution in [1.29, 1.82) is 0 Å². The summed E-state index contributed by atoms with van der Waals surface area (Å²) >= 11 is 7.44. The summed E-state index contributed by atoms with van der Waals surface area (Å²) in [6, 6.07) is 25.9. The standard InChI is InChI=1S/C21H18ClN3S/c22-19-12-10-17(11-13-19)20-9-5-4-8-18(20)14-24-25-21(23)26-15-16-6-2-1-3-7-16/h1-14H,15H2,(H2,23,25). The van der Waals surface area contributed by atoms with E-state index in [1.165, 1.54) is 17.3 Å². The van der Waals surface area contributed by atoms with Crippen LogP contribution in [-0.4, -0.2) is 11.4 Å². The van der Waals surface area contributed by atoms with Gasteiger partial charge >= 0.3 is 0 Å². The molecule has 0 saturated carbocycles. The van der Waals surface area contributed by atoms with E-state index in [1.54, 1.807) is 6.21 Å². The highest BCUT2D eigenvalue weighted by atomic mass is 35.5. The first kappa shape index (κ1) is 18.2. The largest absolute Gasteiger partial charge is 0.377 e. The first-order chi connectivity index (χ1) is 12.7. The Hall–Kier alpha value is -2.56. The van der Waals surface area contributed by atoms with E-state index >= 15 is 0 Å². The fraction of sp³-hybridized carbons (Fsp3) is 0.0476. The van der Waals surface area contributed by atoms with Gasteiger partial charge in [-0.05, 0) is 28.8 Å². The fourth-order valence-electron chi connectivity index (χ4n) is 2.41. The van der Waals surface area contributed by atoms with E-state index in [-0.39, 0.29) is 0 Å². The van der Waals surface area contributed by atoms with Gasteiger partial charge in [-0.3, -0.25) is 0 Å². The lowest BCUT2D eigenvalue weighted by molar-refractivity contribution is 1.25. The maximum absolute atomic E-state index is 5.97. The highest BCUT2D eigenvalue weighted by Gasteiger charge is 2.02. The normalized spacial score (nSPS) is 11.8. The molecule has 0 amide bonds. The quantitative estimate of drug-likeness (QED) is 0.357.